The van der Waals surface area contributed by atoms with Crippen LogP contribution in [0.2, 0.25) is 0 Å². The molecule has 2 atom stereocenters. The predicted octanol–water partition coefficient (Wildman–Crippen LogP) is 0.430. The van der Waals surface area contributed by atoms with E-state index in [0.717, 1.165) is 0 Å². The van der Waals surface area contributed by atoms with Crippen molar-refractivity contribution < 1.29 is 24.3 Å². The summed E-state index contributed by atoms with van der Waals surface area (Å²) in [5.74, 6) is -1.91. The number of likely N-dealkylation sites (tertiary alicyclic amines) is 1. The summed E-state index contributed by atoms with van der Waals surface area (Å²) < 4.78 is 0. The number of carboxylic acid groups (broad SMARTS) is 1. The number of nitrogens with one attached hydrogen (secondary N) is 2. The van der Waals surface area contributed by atoms with Crippen molar-refractivity contribution in [3.8, 4) is 0 Å². The highest BCUT2D eigenvalue weighted by atomic mass is 16.4. The number of hydrogen-bond donors (Lipinski definition) is 3. The number of hydrogen-bond acceptors (Lipinski definition) is 4. The molecule has 3 N–H and O–H groups in total. The maximum atomic E-state index is 12.7. The first-order valence-electron chi connectivity index (χ1n) is 7.61. The first kappa shape index (κ1) is 16.0. The van der Waals surface area contributed by atoms with Gasteiger partial charge in [-0.1, -0.05) is 12.1 Å². The highest BCUT2D eigenvalue weighted by Gasteiger charge is 2.44. The Hall–Kier alpha value is -2.90. The van der Waals surface area contributed by atoms with E-state index < -0.39 is 35.4 Å². The van der Waals surface area contributed by atoms with E-state index in [4.69, 9.17) is 0 Å². The van der Waals surface area contributed by atoms with Gasteiger partial charge in [-0.25, -0.2) is 9.59 Å². The summed E-state index contributed by atoms with van der Waals surface area (Å²) in [5.41, 5.74) is -0.511. The minimum absolute atomic E-state index is 0.288. The van der Waals surface area contributed by atoms with Gasteiger partial charge in [-0.05, 0) is 37.5 Å². The third kappa shape index (κ3) is 2.49. The molecule has 0 aromatic heterocycles. The molecule has 4 amide bonds. The van der Waals surface area contributed by atoms with Gasteiger partial charge in [0.2, 0.25) is 0 Å². The van der Waals surface area contributed by atoms with Gasteiger partial charge in [-0.2, -0.15) is 0 Å². The highest BCUT2D eigenvalue weighted by Crippen LogP contribution is 2.27. The van der Waals surface area contributed by atoms with Crippen molar-refractivity contribution in [3.05, 3.63) is 35.4 Å². The number of imide groups is 1. The summed E-state index contributed by atoms with van der Waals surface area (Å²) in [6, 6.07) is 4.92. The molecule has 0 bridgehead atoms. The van der Waals surface area contributed by atoms with E-state index >= 15 is 0 Å². The Kier molecular flexibility index (Phi) is 3.75. The van der Waals surface area contributed by atoms with Crippen LogP contribution in [-0.4, -0.2) is 46.4 Å². The molecule has 1 unspecified atom stereocenters. The summed E-state index contributed by atoms with van der Waals surface area (Å²) in [4.78, 5) is 48.7. The lowest BCUT2D eigenvalue weighted by Crippen LogP contribution is -2.42. The van der Waals surface area contributed by atoms with Crippen molar-refractivity contribution >= 4 is 23.8 Å². The molecule has 0 spiro atoms. The van der Waals surface area contributed by atoms with E-state index in [1.807, 2.05) is 0 Å². The molecular weight excluding hydrogens is 314 g/mol. The Morgan fingerprint density at radius 2 is 2.08 bits per heavy atom. The van der Waals surface area contributed by atoms with E-state index in [1.54, 1.807) is 25.1 Å². The van der Waals surface area contributed by atoms with Gasteiger partial charge in [0.25, 0.3) is 11.8 Å². The Labute approximate surface area is 137 Å². The fourth-order valence-corrected chi connectivity index (χ4v) is 3.14. The normalized spacial score (nSPS) is 26.2. The summed E-state index contributed by atoms with van der Waals surface area (Å²) in [7, 11) is 0. The number of amides is 4. The second-order valence-corrected chi connectivity index (χ2v) is 6.11. The number of carbonyl (C=O) groups excluding carboxylic acids is 3. The summed E-state index contributed by atoms with van der Waals surface area (Å²) >= 11 is 0. The second-order valence-electron chi connectivity index (χ2n) is 6.11. The minimum atomic E-state index is -1.26. The van der Waals surface area contributed by atoms with Gasteiger partial charge >= 0.3 is 12.0 Å². The van der Waals surface area contributed by atoms with Crippen LogP contribution in [0.4, 0.5) is 4.79 Å². The van der Waals surface area contributed by atoms with Crippen LogP contribution in [0.25, 0.3) is 0 Å². The quantitative estimate of drug-likeness (QED) is 0.695. The summed E-state index contributed by atoms with van der Waals surface area (Å²) in [6.07, 6.45) is 1.06. The van der Waals surface area contributed by atoms with Crippen LogP contribution >= 0.6 is 0 Å². The van der Waals surface area contributed by atoms with E-state index in [-0.39, 0.29) is 5.56 Å². The molecule has 2 aliphatic rings. The van der Waals surface area contributed by atoms with Gasteiger partial charge in [0, 0.05) is 12.1 Å². The standard InChI is InChI=1S/C16H17N3O5/c1-16(14(23)17-15(24)18-16)10-5-2-4-9(8-10)12(20)19-7-3-6-11(19)13(21)22/h2,4-5,8,11H,3,6-7H2,1H3,(H,21,22)(H2,17,18,23,24)/t11-,16?/m1/s1. The van der Waals surface area contributed by atoms with Crippen molar-refractivity contribution in [2.24, 2.45) is 0 Å². The van der Waals surface area contributed by atoms with Crippen molar-refractivity contribution in [1.29, 1.82) is 0 Å². The first-order valence-corrected chi connectivity index (χ1v) is 7.61. The van der Waals surface area contributed by atoms with Gasteiger partial charge in [0.1, 0.15) is 11.6 Å². The third-order valence-electron chi connectivity index (χ3n) is 4.53. The van der Waals surface area contributed by atoms with Crippen LogP contribution in [0.1, 0.15) is 35.7 Å². The lowest BCUT2D eigenvalue weighted by molar-refractivity contribution is -0.141. The molecule has 2 heterocycles. The Balaban J connectivity index is 1.91. The molecule has 0 radical (unpaired) electrons. The van der Waals surface area contributed by atoms with Gasteiger partial charge in [0.05, 0.1) is 0 Å². The Bertz CT molecular complexity index is 747. The Morgan fingerprint density at radius 1 is 1.33 bits per heavy atom. The number of nitrogens with zero attached hydrogens (tertiary/aromatic N) is 1. The third-order valence-corrected chi connectivity index (χ3v) is 4.53. The average Bonchev–Trinajstić information content (AvgIpc) is 3.12. The van der Waals surface area contributed by atoms with Crippen molar-refractivity contribution in [2.45, 2.75) is 31.3 Å². The molecule has 126 valence electrons. The van der Waals surface area contributed by atoms with Crippen LogP contribution < -0.4 is 10.6 Å². The molecule has 1 aromatic rings. The fourth-order valence-electron chi connectivity index (χ4n) is 3.14. The number of carbonyl (C=O) groups is 4. The van der Waals surface area contributed by atoms with Gasteiger partial charge < -0.3 is 15.3 Å². The van der Waals surface area contributed by atoms with Crippen molar-refractivity contribution in [3.63, 3.8) is 0 Å². The minimum Gasteiger partial charge on any atom is -0.480 e. The Morgan fingerprint density at radius 3 is 2.71 bits per heavy atom. The molecule has 24 heavy (non-hydrogen) atoms. The predicted molar refractivity (Wildman–Crippen MR) is 82.2 cm³/mol. The van der Waals surface area contributed by atoms with Crippen molar-refractivity contribution in [2.75, 3.05) is 6.54 Å². The molecule has 2 fully saturated rings. The van der Waals surface area contributed by atoms with Crippen LogP contribution in [0.5, 0.6) is 0 Å². The smallest absolute Gasteiger partial charge is 0.326 e. The molecule has 8 heteroatoms. The molecule has 1 aromatic carbocycles. The van der Waals surface area contributed by atoms with Crippen LogP contribution in [-0.2, 0) is 15.1 Å². The molecule has 0 aliphatic carbocycles. The van der Waals surface area contributed by atoms with Gasteiger partial charge in [-0.3, -0.25) is 14.9 Å². The summed E-state index contributed by atoms with van der Waals surface area (Å²) in [5, 5.41) is 13.9. The first-order chi connectivity index (χ1) is 11.3. The SMILES string of the molecule is CC1(c2cccc(C(=O)N3CCC[C@@H]3C(=O)O)c2)NC(=O)NC1=O. The molecule has 2 saturated heterocycles. The van der Waals surface area contributed by atoms with E-state index in [0.29, 0.717) is 24.9 Å². The number of carboxylic acids is 1. The lowest BCUT2D eigenvalue weighted by Gasteiger charge is -2.24. The van der Waals surface area contributed by atoms with E-state index in [9.17, 15) is 24.3 Å². The van der Waals surface area contributed by atoms with Crippen molar-refractivity contribution in [1.82, 2.24) is 15.5 Å². The highest BCUT2D eigenvalue weighted by molar-refractivity contribution is 6.07. The van der Waals surface area contributed by atoms with E-state index in [2.05, 4.69) is 10.6 Å². The van der Waals surface area contributed by atoms with Crippen LogP contribution in [0.3, 0.4) is 0 Å². The van der Waals surface area contributed by atoms with Gasteiger partial charge in [0.15, 0.2) is 0 Å². The largest absolute Gasteiger partial charge is 0.480 e. The zero-order chi connectivity index (χ0) is 17.5. The van der Waals surface area contributed by atoms with E-state index in [1.165, 1.54) is 11.0 Å². The molecule has 8 nitrogen and oxygen atoms in total. The zero-order valence-electron chi connectivity index (χ0n) is 13.0. The fraction of sp³-hybridized carbons (Fsp3) is 0.375. The number of urea groups is 1. The topological polar surface area (TPSA) is 116 Å². The van der Waals surface area contributed by atoms with Crippen LogP contribution in [0.15, 0.2) is 24.3 Å². The second kappa shape index (κ2) is 5.63. The number of aliphatic carboxylic acids is 1. The lowest BCUT2D eigenvalue weighted by atomic mass is 9.91. The zero-order valence-corrected chi connectivity index (χ0v) is 13.0. The molecule has 0 saturated carbocycles. The molecular formula is C16H17N3O5. The maximum absolute atomic E-state index is 12.7. The number of rotatable bonds is 3. The maximum Gasteiger partial charge on any atom is 0.326 e. The molecule has 2 aliphatic heterocycles. The van der Waals surface area contributed by atoms with Gasteiger partial charge in [-0.15, -0.1) is 0 Å². The average molecular weight is 331 g/mol. The number of benzene rings is 1. The monoisotopic (exact) mass is 331 g/mol. The summed E-state index contributed by atoms with van der Waals surface area (Å²) in [6.45, 7) is 1.93. The molecule has 3 rings (SSSR count). The van der Waals surface area contributed by atoms with Crippen LogP contribution in [0, 0.1) is 0 Å².